The average molecular weight is 387 g/mol. The number of aryl methyl sites for hydroxylation is 4. The zero-order chi connectivity index (χ0) is 20.7. The first kappa shape index (κ1) is 19.1. The molecule has 5 heteroatoms. The third-order valence-electron chi connectivity index (χ3n) is 5.63. The minimum atomic E-state index is -0.525. The van der Waals surface area contributed by atoms with Crippen LogP contribution >= 0.6 is 0 Å². The summed E-state index contributed by atoms with van der Waals surface area (Å²) >= 11 is 0. The summed E-state index contributed by atoms with van der Waals surface area (Å²) in [5, 5.41) is 7.64. The van der Waals surface area contributed by atoms with Crippen molar-refractivity contribution >= 4 is 17.5 Å². The fourth-order valence-electron chi connectivity index (χ4n) is 4.14. The first-order valence-corrected chi connectivity index (χ1v) is 9.99. The SMILES string of the molecule is CCc1cccc(-n2nc(C)c3c2NC(=O)C[C@H]3C(=O)c2ccc(C)cc2C)c1. The number of carbonyl (C=O) groups excluding carboxylic acids is 2. The number of nitrogens with one attached hydrogen (secondary N) is 1. The monoisotopic (exact) mass is 387 g/mol. The molecule has 4 rings (SSSR count). The van der Waals surface area contributed by atoms with Gasteiger partial charge in [-0.3, -0.25) is 9.59 Å². The normalized spacial score (nSPS) is 15.7. The van der Waals surface area contributed by atoms with Gasteiger partial charge in [0.05, 0.1) is 17.3 Å². The average Bonchev–Trinajstić information content (AvgIpc) is 3.03. The minimum Gasteiger partial charge on any atom is -0.310 e. The van der Waals surface area contributed by atoms with Crippen LogP contribution in [0.5, 0.6) is 0 Å². The Hall–Kier alpha value is -3.21. The Morgan fingerprint density at radius 2 is 1.97 bits per heavy atom. The summed E-state index contributed by atoms with van der Waals surface area (Å²) in [6.45, 7) is 7.95. The third kappa shape index (κ3) is 3.37. The van der Waals surface area contributed by atoms with Gasteiger partial charge in [0.1, 0.15) is 5.82 Å². The summed E-state index contributed by atoms with van der Waals surface area (Å²) in [6.07, 6.45) is 1.05. The number of benzene rings is 2. The lowest BCUT2D eigenvalue weighted by atomic mass is 9.84. The molecule has 1 amide bonds. The summed E-state index contributed by atoms with van der Waals surface area (Å²) in [5.74, 6) is -0.102. The van der Waals surface area contributed by atoms with E-state index in [2.05, 4.69) is 29.5 Å². The van der Waals surface area contributed by atoms with Crippen molar-refractivity contribution in [2.24, 2.45) is 0 Å². The molecule has 0 spiro atoms. The van der Waals surface area contributed by atoms with Gasteiger partial charge in [-0.15, -0.1) is 0 Å². The number of hydrogen-bond acceptors (Lipinski definition) is 3. The molecule has 0 radical (unpaired) electrons. The van der Waals surface area contributed by atoms with Crippen molar-refractivity contribution in [3.63, 3.8) is 0 Å². The molecule has 0 aliphatic carbocycles. The highest BCUT2D eigenvalue weighted by atomic mass is 16.2. The van der Waals surface area contributed by atoms with Crippen LogP contribution in [0.4, 0.5) is 5.82 Å². The van der Waals surface area contributed by atoms with E-state index in [-0.39, 0.29) is 18.1 Å². The van der Waals surface area contributed by atoms with Gasteiger partial charge in [-0.25, -0.2) is 4.68 Å². The van der Waals surface area contributed by atoms with Crippen LogP contribution in [0, 0.1) is 20.8 Å². The minimum absolute atomic E-state index is 0.0245. The van der Waals surface area contributed by atoms with Crippen LogP contribution in [-0.4, -0.2) is 21.5 Å². The molecule has 3 aromatic rings. The number of nitrogens with zero attached hydrogens (tertiary/aromatic N) is 2. The van der Waals surface area contributed by atoms with Gasteiger partial charge >= 0.3 is 0 Å². The number of amides is 1. The van der Waals surface area contributed by atoms with Gasteiger partial charge in [-0.2, -0.15) is 5.10 Å². The summed E-state index contributed by atoms with van der Waals surface area (Å²) in [7, 11) is 0. The second-order valence-corrected chi connectivity index (χ2v) is 7.77. The van der Waals surface area contributed by atoms with Gasteiger partial charge in [0.15, 0.2) is 5.78 Å². The van der Waals surface area contributed by atoms with Crippen molar-refractivity contribution in [2.75, 3.05) is 5.32 Å². The van der Waals surface area contributed by atoms with Crippen LogP contribution in [0.1, 0.15) is 57.6 Å². The van der Waals surface area contributed by atoms with E-state index < -0.39 is 5.92 Å². The Morgan fingerprint density at radius 1 is 1.17 bits per heavy atom. The largest absolute Gasteiger partial charge is 0.310 e. The Bertz CT molecular complexity index is 1130. The molecule has 1 atom stereocenters. The molecule has 1 aliphatic rings. The molecule has 1 aliphatic heterocycles. The Labute approximate surface area is 170 Å². The van der Waals surface area contributed by atoms with Crippen LogP contribution in [-0.2, 0) is 11.2 Å². The molecule has 0 saturated carbocycles. The molecular formula is C24H25N3O2. The number of carbonyl (C=O) groups is 2. The fraction of sp³-hybridized carbons (Fsp3) is 0.292. The quantitative estimate of drug-likeness (QED) is 0.662. The maximum Gasteiger partial charge on any atom is 0.226 e. The van der Waals surface area contributed by atoms with E-state index in [1.54, 1.807) is 4.68 Å². The zero-order valence-corrected chi connectivity index (χ0v) is 17.2. The number of fused-ring (bicyclic) bond motifs is 1. The van der Waals surface area contributed by atoms with Gasteiger partial charge in [-0.1, -0.05) is 42.8 Å². The van der Waals surface area contributed by atoms with Crippen molar-refractivity contribution in [1.82, 2.24) is 9.78 Å². The van der Waals surface area contributed by atoms with Crippen LogP contribution < -0.4 is 5.32 Å². The molecule has 0 bridgehead atoms. The lowest BCUT2D eigenvalue weighted by Gasteiger charge is -2.24. The molecule has 1 aromatic heterocycles. The molecule has 0 fully saturated rings. The van der Waals surface area contributed by atoms with E-state index in [0.717, 1.165) is 34.5 Å². The van der Waals surface area contributed by atoms with Crippen molar-refractivity contribution in [3.8, 4) is 5.69 Å². The van der Waals surface area contributed by atoms with Crippen LogP contribution in [0.15, 0.2) is 42.5 Å². The summed E-state index contributed by atoms with van der Waals surface area (Å²) < 4.78 is 1.75. The Balaban J connectivity index is 1.82. The van der Waals surface area contributed by atoms with Gasteiger partial charge in [0, 0.05) is 17.5 Å². The highest BCUT2D eigenvalue weighted by Gasteiger charge is 2.36. The predicted molar refractivity (Wildman–Crippen MR) is 114 cm³/mol. The summed E-state index contributed by atoms with van der Waals surface area (Å²) in [6, 6.07) is 13.9. The summed E-state index contributed by atoms with van der Waals surface area (Å²) in [4.78, 5) is 25.9. The molecule has 29 heavy (non-hydrogen) atoms. The van der Waals surface area contributed by atoms with E-state index in [1.807, 2.05) is 51.1 Å². The lowest BCUT2D eigenvalue weighted by Crippen LogP contribution is -2.28. The Kier molecular flexibility index (Phi) is 4.82. The molecule has 1 N–H and O–H groups in total. The second-order valence-electron chi connectivity index (χ2n) is 7.77. The fourth-order valence-corrected chi connectivity index (χ4v) is 4.14. The zero-order valence-electron chi connectivity index (χ0n) is 17.2. The van der Waals surface area contributed by atoms with E-state index in [4.69, 9.17) is 0 Å². The number of rotatable bonds is 4. The second kappa shape index (κ2) is 7.32. The Morgan fingerprint density at radius 3 is 2.69 bits per heavy atom. The van der Waals surface area contributed by atoms with Crippen LogP contribution in [0.25, 0.3) is 5.69 Å². The number of Topliss-reactive ketones (excluding diaryl/α,β-unsaturated/α-hetero) is 1. The molecule has 2 aromatic carbocycles. The summed E-state index contributed by atoms with van der Waals surface area (Å²) in [5.41, 5.74) is 6.37. The lowest BCUT2D eigenvalue weighted by molar-refractivity contribution is -0.116. The predicted octanol–water partition coefficient (Wildman–Crippen LogP) is 4.67. The first-order chi connectivity index (χ1) is 13.9. The van der Waals surface area contributed by atoms with Gasteiger partial charge in [0.25, 0.3) is 0 Å². The number of aromatic nitrogens is 2. The van der Waals surface area contributed by atoms with Crippen LogP contribution in [0.2, 0.25) is 0 Å². The van der Waals surface area contributed by atoms with E-state index in [1.165, 1.54) is 5.56 Å². The van der Waals surface area contributed by atoms with Crippen molar-refractivity contribution in [1.29, 1.82) is 0 Å². The number of anilines is 1. The first-order valence-electron chi connectivity index (χ1n) is 9.99. The maximum absolute atomic E-state index is 13.4. The van der Waals surface area contributed by atoms with Crippen LogP contribution in [0.3, 0.4) is 0 Å². The standard InChI is InChI=1S/C24H25N3O2/c1-5-17-7-6-8-18(12-17)27-24-22(16(4)26-27)20(13-21(28)25-24)23(29)19-10-9-14(2)11-15(19)3/h6-12,20H,5,13H2,1-4H3,(H,25,28)/t20-/m1/s1. The molecule has 0 saturated heterocycles. The highest BCUT2D eigenvalue weighted by molar-refractivity contribution is 6.08. The molecule has 2 heterocycles. The van der Waals surface area contributed by atoms with Crippen molar-refractivity contribution < 1.29 is 9.59 Å². The topological polar surface area (TPSA) is 64.0 Å². The molecule has 0 unspecified atom stereocenters. The number of ketones is 1. The van der Waals surface area contributed by atoms with Gasteiger partial charge in [0.2, 0.25) is 5.91 Å². The van der Waals surface area contributed by atoms with Crippen molar-refractivity contribution in [2.45, 2.75) is 46.5 Å². The van der Waals surface area contributed by atoms with Crippen molar-refractivity contribution in [3.05, 3.63) is 76.0 Å². The molecular weight excluding hydrogens is 362 g/mol. The molecule has 148 valence electrons. The highest BCUT2D eigenvalue weighted by Crippen LogP contribution is 2.38. The molecule has 5 nitrogen and oxygen atoms in total. The number of hydrogen-bond donors (Lipinski definition) is 1. The van der Waals surface area contributed by atoms with E-state index in [9.17, 15) is 9.59 Å². The van der Waals surface area contributed by atoms with Gasteiger partial charge in [-0.05, 0) is 50.5 Å². The van der Waals surface area contributed by atoms with E-state index in [0.29, 0.717) is 11.4 Å². The van der Waals surface area contributed by atoms with E-state index >= 15 is 0 Å². The maximum atomic E-state index is 13.4. The van der Waals surface area contributed by atoms with Gasteiger partial charge < -0.3 is 5.32 Å². The third-order valence-corrected chi connectivity index (χ3v) is 5.63. The smallest absolute Gasteiger partial charge is 0.226 e.